The minimum atomic E-state index is -0.398. The van der Waals surface area contributed by atoms with Gasteiger partial charge in [0.15, 0.2) is 0 Å². The summed E-state index contributed by atoms with van der Waals surface area (Å²) >= 11 is 0. The third kappa shape index (κ3) is 1.01. The number of hydrogen-bond donors (Lipinski definition) is 1. The predicted octanol–water partition coefficient (Wildman–Crippen LogP) is 0.285. The van der Waals surface area contributed by atoms with Crippen molar-refractivity contribution in [3.05, 3.63) is 0 Å². The minimum Gasteiger partial charge on any atom is -0.461 e. The van der Waals surface area contributed by atoms with Gasteiger partial charge < -0.3 is 10.5 Å². The molecule has 3 nitrogen and oxygen atoms in total. The molecule has 0 radical (unpaired) electrons. The Morgan fingerprint density at radius 2 is 2.30 bits per heavy atom. The van der Waals surface area contributed by atoms with Gasteiger partial charge in [0.1, 0.15) is 12.1 Å². The number of carbonyl (C=O) groups excluding carboxylic acids is 1. The van der Waals surface area contributed by atoms with Crippen molar-refractivity contribution in [2.75, 3.05) is 0 Å². The van der Waals surface area contributed by atoms with E-state index in [4.69, 9.17) is 10.5 Å². The van der Waals surface area contributed by atoms with Crippen molar-refractivity contribution in [3.8, 4) is 0 Å². The molecule has 3 atom stereocenters. The van der Waals surface area contributed by atoms with Crippen LogP contribution in [0.15, 0.2) is 0 Å². The summed E-state index contributed by atoms with van der Waals surface area (Å²) in [6.45, 7) is 3.94. The van der Waals surface area contributed by atoms with Gasteiger partial charge in [0, 0.05) is 5.92 Å². The molecule has 1 fully saturated rings. The molecule has 0 aromatic heterocycles. The molecule has 0 unspecified atom stereocenters. The van der Waals surface area contributed by atoms with Gasteiger partial charge in [-0.1, -0.05) is 13.8 Å². The Morgan fingerprint density at radius 1 is 1.70 bits per heavy atom. The molecule has 0 aromatic rings. The summed E-state index contributed by atoms with van der Waals surface area (Å²) in [5.41, 5.74) is 5.51. The highest BCUT2D eigenvalue weighted by Gasteiger charge is 2.37. The van der Waals surface area contributed by atoms with Crippen molar-refractivity contribution in [2.24, 2.45) is 11.7 Å². The fraction of sp³-hybridized carbons (Fsp3) is 0.857. The average Bonchev–Trinajstić information content (AvgIpc) is 2.17. The van der Waals surface area contributed by atoms with E-state index >= 15 is 0 Å². The molecule has 0 amide bonds. The molecular weight excluding hydrogens is 130 g/mol. The first-order chi connectivity index (χ1) is 4.66. The molecule has 1 rings (SSSR count). The number of rotatable bonds is 1. The van der Waals surface area contributed by atoms with Crippen LogP contribution in [0.5, 0.6) is 0 Å². The summed E-state index contributed by atoms with van der Waals surface area (Å²) in [5, 5.41) is 0. The Kier molecular flexibility index (Phi) is 1.94. The first kappa shape index (κ1) is 7.54. The monoisotopic (exact) mass is 143 g/mol. The molecule has 10 heavy (non-hydrogen) atoms. The lowest BCUT2D eigenvalue weighted by atomic mass is 9.98. The van der Waals surface area contributed by atoms with Gasteiger partial charge in [-0.05, 0) is 6.42 Å². The van der Waals surface area contributed by atoms with Crippen LogP contribution in [0.25, 0.3) is 0 Å². The Bertz CT molecular complexity index is 147. The number of carbonyl (C=O) groups is 1. The van der Waals surface area contributed by atoms with Crippen LogP contribution in [0.4, 0.5) is 0 Å². The van der Waals surface area contributed by atoms with E-state index in [1.165, 1.54) is 0 Å². The Balaban J connectivity index is 2.61. The van der Waals surface area contributed by atoms with Crippen LogP contribution in [0.3, 0.4) is 0 Å². The summed E-state index contributed by atoms with van der Waals surface area (Å²) in [6, 6.07) is -0.398. The largest absolute Gasteiger partial charge is 0.461 e. The fourth-order valence-electron chi connectivity index (χ4n) is 1.24. The second kappa shape index (κ2) is 2.58. The highest BCUT2D eigenvalue weighted by Crippen LogP contribution is 2.22. The molecular formula is C7H13NO2. The standard InChI is InChI=1S/C7H13NO2/c1-3-5-4(2)6(8)7(9)10-5/h4-6H,3,8H2,1-2H3/t4-,5-,6-/m0/s1. The van der Waals surface area contributed by atoms with Crippen LogP contribution in [0, 0.1) is 5.92 Å². The maximum Gasteiger partial charge on any atom is 0.323 e. The fourth-order valence-corrected chi connectivity index (χ4v) is 1.24. The molecule has 0 saturated carbocycles. The molecule has 2 N–H and O–H groups in total. The normalized spacial score (nSPS) is 39.9. The van der Waals surface area contributed by atoms with Crippen molar-refractivity contribution in [2.45, 2.75) is 32.4 Å². The smallest absolute Gasteiger partial charge is 0.323 e. The lowest BCUT2D eigenvalue weighted by Crippen LogP contribution is -2.31. The van der Waals surface area contributed by atoms with Gasteiger partial charge in [-0.2, -0.15) is 0 Å². The van der Waals surface area contributed by atoms with E-state index in [-0.39, 0.29) is 18.0 Å². The van der Waals surface area contributed by atoms with Gasteiger partial charge in [0.05, 0.1) is 0 Å². The summed E-state index contributed by atoms with van der Waals surface area (Å²) in [5.74, 6) is -0.0724. The van der Waals surface area contributed by atoms with Crippen LogP contribution in [0.1, 0.15) is 20.3 Å². The highest BCUT2D eigenvalue weighted by molar-refractivity contribution is 5.78. The average molecular weight is 143 g/mol. The van der Waals surface area contributed by atoms with Crippen LogP contribution in [-0.2, 0) is 9.53 Å². The molecule has 1 aliphatic heterocycles. The predicted molar refractivity (Wildman–Crippen MR) is 37.3 cm³/mol. The van der Waals surface area contributed by atoms with Crippen molar-refractivity contribution >= 4 is 5.97 Å². The van der Waals surface area contributed by atoms with E-state index in [0.29, 0.717) is 0 Å². The molecule has 1 aliphatic rings. The Labute approximate surface area is 60.5 Å². The first-order valence-corrected chi connectivity index (χ1v) is 3.63. The summed E-state index contributed by atoms with van der Waals surface area (Å²) < 4.78 is 4.97. The van der Waals surface area contributed by atoms with Crippen molar-refractivity contribution in [1.82, 2.24) is 0 Å². The molecule has 1 saturated heterocycles. The van der Waals surface area contributed by atoms with Gasteiger partial charge in [-0.3, -0.25) is 4.79 Å². The number of esters is 1. The molecule has 0 aromatic carbocycles. The van der Waals surface area contributed by atoms with Crippen molar-refractivity contribution in [1.29, 1.82) is 0 Å². The zero-order chi connectivity index (χ0) is 7.72. The number of nitrogens with two attached hydrogens (primary N) is 1. The first-order valence-electron chi connectivity index (χ1n) is 3.63. The third-order valence-corrected chi connectivity index (χ3v) is 2.09. The van der Waals surface area contributed by atoms with Crippen molar-refractivity contribution < 1.29 is 9.53 Å². The van der Waals surface area contributed by atoms with Gasteiger partial charge in [-0.25, -0.2) is 0 Å². The molecule has 1 heterocycles. The summed E-state index contributed by atoms with van der Waals surface area (Å²) in [6.07, 6.45) is 0.906. The van der Waals surface area contributed by atoms with E-state index in [1.807, 2.05) is 13.8 Å². The zero-order valence-corrected chi connectivity index (χ0v) is 6.33. The van der Waals surface area contributed by atoms with Gasteiger partial charge in [0.25, 0.3) is 0 Å². The zero-order valence-electron chi connectivity index (χ0n) is 6.33. The Hall–Kier alpha value is -0.570. The number of ether oxygens (including phenoxy) is 1. The second-order valence-corrected chi connectivity index (χ2v) is 2.77. The third-order valence-electron chi connectivity index (χ3n) is 2.09. The van der Waals surface area contributed by atoms with E-state index in [1.54, 1.807) is 0 Å². The number of hydrogen-bond acceptors (Lipinski definition) is 3. The molecule has 0 bridgehead atoms. The lowest BCUT2D eigenvalue weighted by Gasteiger charge is -2.10. The van der Waals surface area contributed by atoms with E-state index in [9.17, 15) is 4.79 Å². The molecule has 0 aliphatic carbocycles. The number of cyclic esters (lactones) is 1. The van der Waals surface area contributed by atoms with E-state index in [2.05, 4.69) is 0 Å². The van der Waals surface area contributed by atoms with Crippen LogP contribution in [0.2, 0.25) is 0 Å². The van der Waals surface area contributed by atoms with Gasteiger partial charge >= 0.3 is 5.97 Å². The van der Waals surface area contributed by atoms with Gasteiger partial charge in [-0.15, -0.1) is 0 Å². The topological polar surface area (TPSA) is 52.3 Å². The van der Waals surface area contributed by atoms with Crippen LogP contribution in [-0.4, -0.2) is 18.1 Å². The summed E-state index contributed by atoms with van der Waals surface area (Å²) in [7, 11) is 0. The summed E-state index contributed by atoms with van der Waals surface area (Å²) in [4.78, 5) is 10.8. The second-order valence-electron chi connectivity index (χ2n) is 2.77. The molecule has 58 valence electrons. The maximum atomic E-state index is 10.8. The van der Waals surface area contributed by atoms with Crippen LogP contribution >= 0.6 is 0 Å². The molecule has 3 heteroatoms. The highest BCUT2D eigenvalue weighted by atomic mass is 16.6. The maximum absolute atomic E-state index is 10.8. The van der Waals surface area contributed by atoms with E-state index in [0.717, 1.165) is 6.42 Å². The van der Waals surface area contributed by atoms with Crippen LogP contribution < -0.4 is 5.73 Å². The molecule has 0 spiro atoms. The van der Waals surface area contributed by atoms with E-state index < -0.39 is 6.04 Å². The lowest BCUT2D eigenvalue weighted by molar-refractivity contribution is -0.142. The minimum absolute atomic E-state index is 0.0440. The quantitative estimate of drug-likeness (QED) is 0.536. The Morgan fingerprint density at radius 3 is 2.50 bits per heavy atom. The SMILES string of the molecule is CC[C@@H]1OC(=O)[C@@H](N)[C@H]1C. The van der Waals surface area contributed by atoms with Gasteiger partial charge in [0.2, 0.25) is 0 Å². The van der Waals surface area contributed by atoms with Crippen molar-refractivity contribution in [3.63, 3.8) is 0 Å².